The lowest BCUT2D eigenvalue weighted by atomic mass is 10.1. The molecule has 0 radical (unpaired) electrons. The van der Waals surface area contributed by atoms with Gasteiger partial charge in [0.15, 0.2) is 15.9 Å². The second-order valence-electron chi connectivity index (χ2n) is 6.33. The van der Waals surface area contributed by atoms with Gasteiger partial charge in [0.25, 0.3) is 5.91 Å². The maximum absolute atomic E-state index is 12.4. The van der Waals surface area contributed by atoms with Crippen molar-refractivity contribution in [1.82, 2.24) is 5.32 Å². The molecule has 7 nitrogen and oxygen atoms in total. The Balaban J connectivity index is 2.05. The molecule has 0 aliphatic rings. The molecular formula is C20H23NO6S. The van der Waals surface area contributed by atoms with E-state index in [0.29, 0.717) is 11.3 Å². The molecule has 0 bridgehead atoms. The predicted molar refractivity (Wildman–Crippen MR) is 104 cm³/mol. The van der Waals surface area contributed by atoms with Gasteiger partial charge in [0.05, 0.1) is 17.6 Å². The quantitative estimate of drug-likeness (QED) is 0.710. The maximum Gasteiger partial charge on any atom is 0.339 e. The summed E-state index contributed by atoms with van der Waals surface area (Å²) in [6.45, 7) is 3.33. The summed E-state index contributed by atoms with van der Waals surface area (Å²) in [4.78, 5) is 24.7. The lowest BCUT2D eigenvalue weighted by molar-refractivity contribution is -0.129. The second-order valence-corrected chi connectivity index (χ2v) is 8.34. The van der Waals surface area contributed by atoms with Crippen LogP contribution in [0.1, 0.15) is 28.4 Å². The second kappa shape index (κ2) is 8.88. The number of nitrogens with one attached hydrogen (secondary N) is 1. The molecule has 2 aromatic carbocycles. The average Bonchev–Trinajstić information content (AvgIpc) is 2.65. The molecule has 0 fully saturated rings. The Kier molecular flexibility index (Phi) is 6.80. The topological polar surface area (TPSA) is 98.8 Å². The summed E-state index contributed by atoms with van der Waals surface area (Å²) in [5.74, 6) is -0.597. The first kappa shape index (κ1) is 21.4. The number of benzene rings is 2. The van der Waals surface area contributed by atoms with Gasteiger partial charge in [-0.05, 0) is 37.6 Å². The number of para-hydroxylation sites is 1. The third kappa shape index (κ3) is 5.32. The molecule has 0 heterocycles. The number of esters is 1. The third-order valence-corrected chi connectivity index (χ3v) is 5.27. The lowest BCUT2D eigenvalue weighted by Gasteiger charge is -2.15. The van der Waals surface area contributed by atoms with E-state index in [0.717, 1.165) is 11.8 Å². The summed E-state index contributed by atoms with van der Waals surface area (Å²) in [5, 5.41) is 2.69. The van der Waals surface area contributed by atoms with Crippen molar-refractivity contribution >= 4 is 21.7 Å². The standard InChI is InChI=1S/C20H23NO6S/c1-13-9-10-16(28(4,24)25)11-17(13)20(23)27-14(2)19(22)21-12-15-7-5-6-8-18(15)26-3/h5-11,14H,12H2,1-4H3,(H,21,22)/t14-/m1/s1. The van der Waals surface area contributed by atoms with Crippen LogP contribution in [-0.2, 0) is 25.9 Å². The van der Waals surface area contributed by atoms with E-state index in [2.05, 4.69) is 5.32 Å². The minimum Gasteiger partial charge on any atom is -0.496 e. The number of hydrogen-bond acceptors (Lipinski definition) is 6. The van der Waals surface area contributed by atoms with Crippen LogP contribution in [-0.4, -0.2) is 39.8 Å². The predicted octanol–water partition coefficient (Wildman–Crippen LogP) is 2.27. The molecule has 2 rings (SSSR count). The summed E-state index contributed by atoms with van der Waals surface area (Å²) in [6, 6.07) is 11.4. The van der Waals surface area contributed by atoms with E-state index in [1.54, 1.807) is 13.0 Å². The fourth-order valence-electron chi connectivity index (χ4n) is 2.50. The highest BCUT2D eigenvalue weighted by Gasteiger charge is 2.21. The molecule has 8 heteroatoms. The normalized spacial score (nSPS) is 12.1. The van der Waals surface area contributed by atoms with E-state index in [-0.39, 0.29) is 17.0 Å². The van der Waals surface area contributed by atoms with Crippen LogP contribution < -0.4 is 10.1 Å². The van der Waals surface area contributed by atoms with Crippen LogP contribution in [0.3, 0.4) is 0 Å². The van der Waals surface area contributed by atoms with Crippen LogP contribution in [0.2, 0.25) is 0 Å². The Labute approximate surface area is 164 Å². The van der Waals surface area contributed by atoms with Crippen LogP contribution >= 0.6 is 0 Å². The number of carbonyl (C=O) groups excluding carboxylic acids is 2. The van der Waals surface area contributed by atoms with Crippen LogP contribution in [0.4, 0.5) is 0 Å². The largest absolute Gasteiger partial charge is 0.496 e. The summed E-state index contributed by atoms with van der Waals surface area (Å²) in [7, 11) is -1.93. The highest BCUT2D eigenvalue weighted by Crippen LogP contribution is 2.18. The first-order valence-electron chi connectivity index (χ1n) is 8.54. The molecule has 0 aliphatic heterocycles. The van der Waals surface area contributed by atoms with Crippen molar-refractivity contribution in [2.24, 2.45) is 0 Å². The van der Waals surface area contributed by atoms with Crippen LogP contribution in [0.25, 0.3) is 0 Å². The highest BCUT2D eigenvalue weighted by atomic mass is 32.2. The van der Waals surface area contributed by atoms with Crippen LogP contribution in [0, 0.1) is 6.92 Å². The zero-order valence-electron chi connectivity index (χ0n) is 16.2. The van der Waals surface area contributed by atoms with Crippen molar-refractivity contribution in [1.29, 1.82) is 0 Å². The average molecular weight is 405 g/mol. The van der Waals surface area contributed by atoms with Gasteiger partial charge < -0.3 is 14.8 Å². The fourth-order valence-corrected chi connectivity index (χ4v) is 3.15. The van der Waals surface area contributed by atoms with Crippen LogP contribution in [0.5, 0.6) is 5.75 Å². The Hall–Kier alpha value is -2.87. The Morgan fingerprint density at radius 3 is 2.46 bits per heavy atom. The molecule has 0 saturated heterocycles. The van der Waals surface area contributed by atoms with E-state index in [1.807, 2.05) is 18.2 Å². The molecule has 0 saturated carbocycles. The molecule has 28 heavy (non-hydrogen) atoms. The number of hydrogen-bond donors (Lipinski definition) is 1. The number of aryl methyl sites for hydroxylation is 1. The molecule has 1 amide bonds. The van der Waals surface area contributed by atoms with Gasteiger partial charge in [0.2, 0.25) is 0 Å². The molecule has 150 valence electrons. The van der Waals surface area contributed by atoms with Gasteiger partial charge in [0, 0.05) is 18.4 Å². The summed E-state index contributed by atoms with van der Waals surface area (Å²) >= 11 is 0. The number of methoxy groups -OCH3 is 1. The SMILES string of the molecule is COc1ccccc1CNC(=O)[C@@H](C)OC(=O)c1cc(S(C)(=O)=O)ccc1C. The van der Waals surface area contributed by atoms with Gasteiger partial charge in [-0.25, -0.2) is 13.2 Å². The smallest absolute Gasteiger partial charge is 0.339 e. The lowest BCUT2D eigenvalue weighted by Crippen LogP contribution is -2.35. The molecule has 0 aromatic heterocycles. The first-order chi connectivity index (χ1) is 13.1. The number of carbonyl (C=O) groups is 2. The van der Waals surface area contributed by atoms with Gasteiger partial charge in [-0.3, -0.25) is 4.79 Å². The minimum atomic E-state index is -3.47. The van der Waals surface area contributed by atoms with E-state index < -0.39 is 27.8 Å². The first-order valence-corrected chi connectivity index (χ1v) is 10.4. The molecule has 1 N–H and O–H groups in total. The van der Waals surface area contributed by atoms with Crippen LogP contribution in [0.15, 0.2) is 47.4 Å². The third-order valence-electron chi connectivity index (χ3n) is 4.16. The molecule has 0 aliphatic carbocycles. The highest BCUT2D eigenvalue weighted by molar-refractivity contribution is 7.90. The Morgan fingerprint density at radius 1 is 1.14 bits per heavy atom. The number of ether oxygens (including phenoxy) is 2. The van der Waals surface area contributed by atoms with E-state index in [1.165, 1.54) is 32.2 Å². The number of amides is 1. The zero-order valence-corrected chi connectivity index (χ0v) is 17.0. The summed E-state index contributed by atoms with van der Waals surface area (Å²) in [5.41, 5.74) is 1.44. The van der Waals surface area contributed by atoms with E-state index in [4.69, 9.17) is 9.47 Å². The van der Waals surface area contributed by atoms with Crippen molar-refractivity contribution < 1.29 is 27.5 Å². The summed E-state index contributed by atoms with van der Waals surface area (Å²) < 4.78 is 33.8. The zero-order chi connectivity index (χ0) is 20.9. The fraction of sp³-hybridized carbons (Fsp3) is 0.300. The Morgan fingerprint density at radius 2 is 1.82 bits per heavy atom. The molecule has 1 atom stereocenters. The summed E-state index contributed by atoms with van der Waals surface area (Å²) in [6.07, 6.45) is 0.00394. The van der Waals surface area contributed by atoms with Gasteiger partial charge in [-0.15, -0.1) is 0 Å². The maximum atomic E-state index is 12.4. The van der Waals surface area contributed by atoms with Gasteiger partial charge in [0.1, 0.15) is 5.75 Å². The van der Waals surface area contributed by atoms with Gasteiger partial charge >= 0.3 is 5.97 Å². The Bertz CT molecular complexity index is 984. The monoisotopic (exact) mass is 405 g/mol. The minimum absolute atomic E-state index is 0.0123. The molecular weight excluding hydrogens is 382 g/mol. The van der Waals surface area contributed by atoms with E-state index >= 15 is 0 Å². The number of rotatable bonds is 7. The molecule has 0 unspecified atom stereocenters. The van der Waals surface area contributed by atoms with Gasteiger partial charge in [-0.2, -0.15) is 0 Å². The van der Waals surface area contributed by atoms with Crippen molar-refractivity contribution in [3.05, 3.63) is 59.2 Å². The van der Waals surface area contributed by atoms with Crippen molar-refractivity contribution in [2.45, 2.75) is 31.4 Å². The molecule has 0 spiro atoms. The van der Waals surface area contributed by atoms with E-state index in [9.17, 15) is 18.0 Å². The van der Waals surface area contributed by atoms with Crippen molar-refractivity contribution in [3.63, 3.8) is 0 Å². The van der Waals surface area contributed by atoms with Crippen molar-refractivity contribution in [2.75, 3.05) is 13.4 Å². The molecule has 2 aromatic rings. The van der Waals surface area contributed by atoms with Gasteiger partial charge in [-0.1, -0.05) is 24.3 Å². The number of sulfone groups is 1. The van der Waals surface area contributed by atoms with Crippen molar-refractivity contribution in [3.8, 4) is 5.75 Å².